The first kappa shape index (κ1) is 54.2. The molecule has 0 spiro atoms. The van der Waals surface area contributed by atoms with Crippen molar-refractivity contribution in [2.24, 2.45) is 29.6 Å². The van der Waals surface area contributed by atoms with Gasteiger partial charge < -0.3 is 48.9 Å². The van der Waals surface area contributed by atoms with Crippen LogP contribution in [0.4, 0.5) is 0 Å². The Bertz CT molecular complexity index is 1190. The highest BCUT2D eigenvalue weighted by molar-refractivity contribution is 5.80. The summed E-state index contributed by atoms with van der Waals surface area (Å²) in [6.07, 6.45) is 5.27. The maximum Gasteiger partial charge on any atom is 0.225 e. The van der Waals surface area contributed by atoms with Crippen molar-refractivity contribution in [2.45, 2.75) is 132 Å². The summed E-state index contributed by atoms with van der Waals surface area (Å²) in [6, 6.07) is 0. The minimum absolute atomic E-state index is 0.0558. The molecule has 59 heavy (non-hydrogen) atoms. The number of β-amino-alcohol motifs (C(OH)–C–C–N with tert-alkyl or cyclic N) is 1. The zero-order chi connectivity index (χ0) is 44.8. The lowest BCUT2D eigenvalue weighted by Crippen LogP contribution is -2.42. The van der Waals surface area contributed by atoms with E-state index in [1.807, 2.05) is 88.8 Å². The first-order valence-corrected chi connectivity index (χ1v) is 22.2. The third-order valence-corrected chi connectivity index (χ3v) is 10.9. The van der Waals surface area contributed by atoms with Crippen molar-refractivity contribution in [3.8, 4) is 0 Å². The van der Waals surface area contributed by atoms with E-state index in [0.29, 0.717) is 25.9 Å². The molecule has 0 aromatic heterocycles. The topological polar surface area (TPSA) is 170 Å². The van der Waals surface area contributed by atoms with E-state index in [4.69, 9.17) is 19.3 Å². The number of amides is 5. The molecule has 15 heteroatoms. The third-order valence-electron chi connectivity index (χ3n) is 10.9. The molecule has 2 N–H and O–H groups in total. The Labute approximate surface area is 356 Å². The third kappa shape index (κ3) is 20.5. The summed E-state index contributed by atoms with van der Waals surface area (Å²) in [5.41, 5.74) is 0. The van der Waals surface area contributed by atoms with Gasteiger partial charge in [0.2, 0.25) is 29.5 Å². The van der Waals surface area contributed by atoms with Crippen molar-refractivity contribution in [2.75, 3.05) is 92.9 Å². The monoisotopic (exact) mass is 842 g/mol. The van der Waals surface area contributed by atoms with Gasteiger partial charge in [0, 0.05) is 109 Å². The van der Waals surface area contributed by atoms with E-state index in [-0.39, 0.29) is 77.4 Å². The number of hydrogen-bond acceptors (Lipinski definition) is 10. The van der Waals surface area contributed by atoms with Crippen LogP contribution in [0.1, 0.15) is 108 Å². The number of piperidine rings is 2. The Morgan fingerprint density at radius 2 is 0.712 bits per heavy atom. The van der Waals surface area contributed by atoms with Crippen molar-refractivity contribution < 1.29 is 48.4 Å². The first-order valence-electron chi connectivity index (χ1n) is 22.2. The van der Waals surface area contributed by atoms with Crippen molar-refractivity contribution in [3.05, 3.63) is 0 Å². The van der Waals surface area contributed by atoms with Gasteiger partial charge in [-0.3, -0.25) is 24.0 Å². The van der Waals surface area contributed by atoms with E-state index in [1.165, 1.54) is 0 Å². The molecule has 2 atom stereocenters. The first-order chi connectivity index (χ1) is 27.7. The van der Waals surface area contributed by atoms with Gasteiger partial charge in [-0.15, -0.1) is 0 Å². The Kier molecular flexibility index (Phi) is 26.3. The molecule has 5 rings (SSSR count). The van der Waals surface area contributed by atoms with Crippen LogP contribution in [0.15, 0.2) is 0 Å². The van der Waals surface area contributed by atoms with Gasteiger partial charge in [-0.05, 0) is 38.5 Å². The number of carbonyl (C=O) groups excluding carboxylic acids is 5. The quantitative estimate of drug-likeness (QED) is 0.387. The molecule has 5 saturated heterocycles. The number of rotatable bonds is 7. The minimum atomic E-state index is -0.294. The Morgan fingerprint density at radius 1 is 0.424 bits per heavy atom. The van der Waals surface area contributed by atoms with Crippen LogP contribution in [0.3, 0.4) is 0 Å². The van der Waals surface area contributed by atoms with Crippen molar-refractivity contribution in [1.29, 1.82) is 0 Å². The number of nitrogens with zero attached hydrogens (tertiary/aromatic N) is 5. The molecule has 5 aliphatic heterocycles. The number of morpholine rings is 1. The van der Waals surface area contributed by atoms with Crippen LogP contribution in [-0.4, -0.2) is 182 Å². The van der Waals surface area contributed by atoms with Gasteiger partial charge in [0.15, 0.2) is 0 Å². The lowest BCUT2D eigenvalue weighted by Gasteiger charge is -2.32. The number of methoxy groups -OCH3 is 2. The molecule has 2 unspecified atom stereocenters. The zero-order valence-electron chi connectivity index (χ0n) is 38.8. The number of ether oxygens (including phenoxy) is 3. The molecule has 0 aliphatic carbocycles. The van der Waals surface area contributed by atoms with Gasteiger partial charge in [0.1, 0.15) is 0 Å². The molecule has 0 saturated carbocycles. The van der Waals surface area contributed by atoms with E-state index in [9.17, 15) is 29.1 Å². The van der Waals surface area contributed by atoms with Crippen LogP contribution in [0, 0.1) is 29.6 Å². The fourth-order valence-corrected chi connectivity index (χ4v) is 7.07. The Morgan fingerprint density at radius 3 is 1.05 bits per heavy atom. The largest absolute Gasteiger partial charge is 0.393 e. The smallest absolute Gasteiger partial charge is 0.225 e. The molecule has 5 amide bonds. The second-order valence-corrected chi connectivity index (χ2v) is 17.7. The summed E-state index contributed by atoms with van der Waals surface area (Å²) < 4.78 is 15.6. The number of likely N-dealkylation sites (tertiary alicyclic amines) is 4. The highest BCUT2D eigenvalue weighted by Gasteiger charge is 2.28. The van der Waals surface area contributed by atoms with Gasteiger partial charge in [-0.2, -0.15) is 0 Å². The van der Waals surface area contributed by atoms with Gasteiger partial charge >= 0.3 is 0 Å². The van der Waals surface area contributed by atoms with Gasteiger partial charge in [0.05, 0.1) is 37.6 Å². The number of aliphatic hydroxyl groups is 2. The van der Waals surface area contributed by atoms with Crippen molar-refractivity contribution in [1.82, 2.24) is 24.5 Å². The lowest BCUT2D eigenvalue weighted by atomic mass is 10.1. The number of aliphatic hydroxyl groups excluding tert-OH is 2. The molecular formula is C44H83N5O10. The molecule has 0 bridgehead atoms. The summed E-state index contributed by atoms with van der Waals surface area (Å²) in [5.74, 6) is 1.62. The summed E-state index contributed by atoms with van der Waals surface area (Å²) in [7, 11) is 3.44. The van der Waals surface area contributed by atoms with Crippen LogP contribution < -0.4 is 0 Å². The fourth-order valence-electron chi connectivity index (χ4n) is 7.07. The van der Waals surface area contributed by atoms with E-state index in [2.05, 4.69) is 0 Å². The van der Waals surface area contributed by atoms with E-state index < -0.39 is 0 Å². The predicted octanol–water partition coefficient (Wildman–Crippen LogP) is 3.53. The normalized spacial score (nSPS) is 21.4. The molecule has 5 aliphatic rings. The average molecular weight is 842 g/mol. The molecule has 0 aromatic carbocycles. The molecular weight excluding hydrogens is 759 g/mol. The molecule has 5 fully saturated rings. The molecule has 0 aromatic rings. The average Bonchev–Trinajstić information content (AvgIpc) is 3.90. The highest BCUT2D eigenvalue weighted by Crippen LogP contribution is 2.17. The van der Waals surface area contributed by atoms with Gasteiger partial charge in [0.25, 0.3) is 0 Å². The standard InChI is InChI=1S/C10H19NO2.2C9H17NO2.2C8H15NO2/c1-8(2)10(12)11-6-4-9(13-3)5-7-11;1-7(2)9(11)10-5-4-8(6-10)12-3;1-7(2)9(12)10-5-3-8(11)4-6-10;1-7(2)8(10)9-3-5-11-6-4-9;1-6(2)8(11)9-4-3-7(10)5-9/h8-9H,4-7H2,1-3H3;7-8H,4-6H2,1-3H3;7-8,11H,3-6H2,1-2H3;7H,3-6H2,1-2H3;6-7,10H,3-5H2,1-2H3. The second kappa shape index (κ2) is 28.6. The SMILES string of the molecule is CC(C)C(=O)N1CCC(O)C1.CC(C)C(=O)N1CCC(O)CC1.CC(C)C(=O)N1CCOCC1.COC1CCN(C(=O)C(C)C)C1.COC1CCN(C(=O)C(C)C)CC1. The maximum absolute atomic E-state index is 11.6. The summed E-state index contributed by atoms with van der Waals surface area (Å²) in [5, 5.41) is 18.3. The van der Waals surface area contributed by atoms with Crippen LogP contribution in [0.25, 0.3) is 0 Å². The van der Waals surface area contributed by atoms with Gasteiger partial charge in [-0.1, -0.05) is 69.2 Å². The molecule has 344 valence electrons. The van der Waals surface area contributed by atoms with E-state index in [0.717, 1.165) is 97.4 Å². The second-order valence-electron chi connectivity index (χ2n) is 17.7. The van der Waals surface area contributed by atoms with Crippen molar-refractivity contribution in [3.63, 3.8) is 0 Å². The van der Waals surface area contributed by atoms with Crippen LogP contribution >= 0.6 is 0 Å². The highest BCUT2D eigenvalue weighted by atomic mass is 16.5. The van der Waals surface area contributed by atoms with Crippen molar-refractivity contribution >= 4 is 29.5 Å². The van der Waals surface area contributed by atoms with Gasteiger partial charge in [-0.25, -0.2) is 0 Å². The fraction of sp³-hybridized carbons (Fsp3) is 0.886. The van der Waals surface area contributed by atoms with E-state index in [1.54, 1.807) is 19.1 Å². The van der Waals surface area contributed by atoms with Crippen LogP contribution in [0.5, 0.6) is 0 Å². The summed E-state index contributed by atoms with van der Waals surface area (Å²) in [6.45, 7) is 28.1. The number of hydrogen-bond donors (Lipinski definition) is 2. The maximum atomic E-state index is 11.6. The molecule has 0 radical (unpaired) electrons. The number of carbonyl (C=O) groups is 5. The van der Waals surface area contributed by atoms with Crippen LogP contribution in [-0.2, 0) is 38.2 Å². The lowest BCUT2D eigenvalue weighted by molar-refractivity contribution is -0.138. The summed E-state index contributed by atoms with van der Waals surface area (Å²) in [4.78, 5) is 66.5. The molecule has 5 heterocycles. The minimum Gasteiger partial charge on any atom is -0.393 e. The van der Waals surface area contributed by atoms with Crippen LogP contribution in [0.2, 0.25) is 0 Å². The molecule has 15 nitrogen and oxygen atoms in total. The summed E-state index contributed by atoms with van der Waals surface area (Å²) >= 11 is 0. The zero-order valence-corrected chi connectivity index (χ0v) is 38.8. The predicted molar refractivity (Wildman–Crippen MR) is 229 cm³/mol. The Balaban J connectivity index is 0.000000369. The Hall–Kier alpha value is -2.85. The van der Waals surface area contributed by atoms with E-state index >= 15 is 0 Å².